The number of carboxylic acids is 1. The first-order chi connectivity index (χ1) is 9.93. The Hall–Kier alpha value is -2.04. The minimum atomic E-state index is -1.11. The lowest BCUT2D eigenvalue weighted by Gasteiger charge is -2.25. The number of nitrogens with one attached hydrogen (secondary N) is 1. The van der Waals surface area contributed by atoms with Gasteiger partial charge in [-0.25, -0.2) is 4.79 Å². The summed E-state index contributed by atoms with van der Waals surface area (Å²) < 4.78 is 5.43. The predicted octanol–water partition coefficient (Wildman–Crippen LogP) is 2.20. The number of ether oxygens (including phenoxy) is 1. The molecule has 0 aliphatic heterocycles. The van der Waals surface area contributed by atoms with Gasteiger partial charge in [-0.1, -0.05) is 18.9 Å². The molecule has 0 atom stereocenters. The summed E-state index contributed by atoms with van der Waals surface area (Å²) in [6, 6.07) is 5.60. The van der Waals surface area contributed by atoms with Gasteiger partial charge in [-0.2, -0.15) is 0 Å². The van der Waals surface area contributed by atoms with Gasteiger partial charge in [0.25, 0.3) is 5.91 Å². The largest absolute Gasteiger partial charge is 0.484 e. The lowest BCUT2D eigenvalue weighted by molar-refractivity contribution is -0.147. The number of aliphatic carboxylic acids is 1. The Morgan fingerprint density at radius 1 is 1.24 bits per heavy atom. The molecule has 0 spiro atoms. The third-order valence-corrected chi connectivity index (χ3v) is 4.09. The standard InChI is InChI=1S/C16H21NO4/c1-11-5-6-13(9-12(11)2)21-10-14(18)17-16(15(19)20)7-3-4-8-16/h5-6,9H,3-4,7-8,10H2,1-2H3,(H,17,18)(H,19,20). The Balaban J connectivity index is 1.92. The van der Waals surface area contributed by atoms with E-state index in [1.807, 2.05) is 26.0 Å². The van der Waals surface area contributed by atoms with Crippen LogP contribution in [0.4, 0.5) is 0 Å². The van der Waals surface area contributed by atoms with Crippen molar-refractivity contribution in [2.75, 3.05) is 6.61 Å². The maximum absolute atomic E-state index is 11.9. The summed E-state index contributed by atoms with van der Waals surface area (Å²) >= 11 is 0. The highest BCUT2D eigenvalue weighted by atomic mass is 16.5. The molecule has 1 aromatic carbocycles. The maximum atomic E-state index is 11.9. The van der Waals surface area contributed by atoms with E-state index in [0.29, 0.717) is 18.6 Å². The van der Waals surface area contributed by atoms with Crippen molar-refractivity contribution >= 4 is 11.9 Å². The highest BCUT2D eigenvalue weighted by Gasteiger charge is 2.42. The van der Waals surface area contributed by atoms with Crippen LogP contribution in [-0.4, -0.2) is 29.1 Å². The van der Waals surface area contributed by atoms with Crippen LogP contribution in [0.5, 0.6) is 5.75 Å². The third-order valence-electron chi connectivity index (χ3n) is 4.09. The molecular weight excluding hydrogens is 270 g/mol. The molecule has 1 aliphatic rings. The Kier molecular flexibility index (Phi) is 4.50. The lowest BCUT2D eigenvalue weighted by atomic mass is 9.98. The van der Waals surface area contributed by atoms with E-state index in [2.05, 4.69) is 5.32 Å². The van der Waals surface area contributed by atoms with Gasteiger partial charge in [0.1, 0.15) is 11.3 Å². The van der Waals surface area contributed by atoms with Gasteiger partial charge in [0.2, 0.25) is 0 Å². The highest BCUT2D eigenvalue weighted by Crippen LogP contribution is 2.29. The van der Waals surface area contributed by atoms with E-state index >= 15 is 0 Å². The van der Waals surface area contributed by atoms with Gasteiger partial charge in [-0.3, -0.25) is 4.79 Å². The number of carboxylic acid groups (broad SMARTS) is 1. The fraction of sp³-hybridized carbons (Fsp3) is 0.500. The summed E-state index contributed by atoms with van der Waals surface area (Å²) in [5.41, 5.74) is 1.14. The molecule has 1 aliphatic carbocycles. The SMILES string of the molecule is Cc1ccc(OCC(=O)NC2(C(=O)O)CCCC2)cc1C. The topological polar surface area (TPSA) is 75.6 Å². The molecule has 1 amide bonds. The number of hydrogen-bond donors (Lipinski definition) is 2. The van der Waals surface area contributed by atoms with Crippen molar-refractivity contribution in [3.05, 3.63) is 29.3 Å². The van der Waals surface area contributed by atoms with Gasteiger partial charge < -0.3 is 15.2 Å². The van der Waals surface area contributed by atoms with Gasteiger partial charge in [-0.05, 0) is 49.9 Å². The molecule has 0 unspecified atom stereocenters. The molecule has 5 nitrogen and oxygen atoms in total. The molecule has 5 heteroatoms. The number of carbonyl (C=O) groups excluding carboxylic acids is 1. The monoisotopic (exact) mass is 291 g/mol. The number of aryl methyl sites for hydroxylation is 2. The Bertz CT molecular complexity index is 547. The van der Waals surface area contributed by atoms with Crippen LogP contribution in [0.3, 0.4) is 0 Å². The second-order valence-electron chi connectivity index (χ2n) is 5.68. The average Bonchev–Trinajstić information content (AvgIpc) is 2.90. The molecule has 1 saturated carbocycles. The van der Waals surface area contributed by atoms with Gasteiger partial charge in [0, 0.05) is 0 Å². The van der Waals surface area contributed by atoms with Crippen molar-refractivity contribution in [2.45, 2.75) is 45.1 Å². The summed E-state index contributed by atoms with van der Waals surface area (Å²) in [5, 5.41) is 11.9. The molecule has 0 heterocycles. The quantitative estimate of drug-likeness (QED) is 0.872. The second-order valence-corrected chi connectivity index (χ2v) is 5.68. The molecule has 114 valence electrons. The van der Waals surface area contributed by atoms with E-state index < -0.39 is 17.4 Å². The lowest BCUT2D eigenvalue weighted by Crippen LogP contribution is -2.53. The molecule has 0 saturated heterocycles. The first-order valence-corrected chi connectivity index (χ1v) is 7.17. The predicted molar refractivity (Wildman–Crippen MR) is 78.4 cm³/mol. The first kappa shape index (κ1) is 15.4. The van der Waals surface area contributed by atoms with Gasteiger partial charge >= 0.3 is 5.97 Å². The first-order valence-electron chi connectivity index (χ1n) is 7.17. The van der Waals surface area contributed by atoms with Crippen molar-refractivity contribution in [1.29, 1.82) is 0 Å². The summed E-state index contributed by atoms with van der Waals surface area (Å²) in [7, 11) is 0. The Morgan fingerprint density at radius 2 is 1.90 bits per heavy atom. The van der Waals surface area contributed by atoms with E-state index in [9.17, 15) is 14.7 Å². The van der Waals surface area contributed by atoms with Crippen LogP contribution in [0.1, 0.15) is 36.8 Å². The fourth-order valence-corrected chi connectivity index (χ4v) is 2.63. The van der Waals surface area contributed by atoms with E-state index in [0.717, 1.165) is 24.0 Å². The van der Waals surface area contributed by atoms with E-state index in [1.54, 1.807) is 6.07 Å². The summed E-state index contributed by atoms with van der Waals surface area (Å²) in [6.07, 6.45) is 2.62. The minimum Gasteiger partial charge on any atom is -0.484 e. The normalized spacial score (nSPS) is 16.5. The van der Waals surface area contributed by atoms with E-state index in [-0.39, 0.29) is 6.61 Å². The molecule has 0 radical (unpaired) electrons. The van der Waals surface area contributed by atoms with Crippen LogP contribution in [-0.2, 0) is 9.59 Å². The third kappa shape index (κ3) is 3.54. The van der Waals surface area contributed by atoms with Gasteiger partial charge in [0.15, 0.2) is 6.61 Å². The fourth-order valence-electron chi connectivity index (χ4n) is 2.63. The average molecular weight is 291 g/mol. The Labute approximate surface area is 124 Å². The van der Waals surface area contributed by atoms with Crippen molar-refractivity contribution in [2.24, 2.45) is 0 Å². The van der Waals surface area contributed by atoms with Crippen LogP contribution in [0.15, 0.2) is 18.2 Å². The van der Waals surface area contributed by atoms with Crippen LogP contribution >= 0.6 is 0 Å². The summed E-state index contributed by atoms with van der Waals surface area (Å²) in [4.78, 5) is 23.3. The molecule has 1 aromatic rings. The van der Waals surface area contributed by atoms with E-state index in [1.165, 1.54) is 0 Å². The van der Waals surface area contributed by atoms with Crippen molar-refractivity contribution < 1.29 is 19.4 Å². The maximum Gasteiger partial charge on any atom is 0.329 e. The van der Waals surface area contributed by atoms with Crippen LogP contribution in [0, 0.1) is 13.8 Å². The molecule has 2 N–H and O–H groups in total. The van der Waals surface area contributed by atoms with Gasteiger partial charge in [0.05, 0.1) is 0 Å². The second kappa shape index (κ2) is 6.16. The molecule has 1 fully saturated rings. The van der Waals surface area contributed by atoms with Gasteiger partial charge in [-0.15, -0.1) is 0 Å². The molecule has 2 rings (SSSR count). The molecule has 0 bridgehead atoms. The summed E-state index contributed by atoms with van der Waals surface area (Å²) in [6.45, 7) is 3.81. The number of hydrogen-bond acceptors (Lipinski definition) is 3. The zero-order valence-corrected chi connectivity index (χ0v) is 12.4. The van der Waals surface area contributed by atoms with Crippen LogP contribution < -0.4 is 10.1 Å². The van der Waals surface area contributed by atoms with Crippen molar-refractivity contribution in [3.63, 3.8) is 0 Å². The number of carbonyl (C=O) groups is 2. The van der Waals surface area contributed by atoms with E-state index in [4.69, 9.17) is 4.74 Å². The van der Waals surface area contributed by atoms with Crippen LogP contribution in [0.25, 0.3) is 0 Å². The molecular formula is C16H21NO4. The molecule has 0 aromatic heterocycles. The zero-order chi connectivity index (χ0) is 15.5. The minimum absolute atomic E-state index is 0.169. The number of benzene rings is 1. The Morgan fingerprint density at radius 3 is 2.48 bits per heavy atom. The smallest absolute Gasteiger partial charge is 0.329 e. The zero-order valence-electron chi connectivity index (χ0n) is 12.4. The highest BCUT2D eigenvalue weighted by molar-refractivity contribution is 5.87. The summed E-state index contributed by atoms with van der Waals surface area (Å²) in [5.74, 6) is -0.735. The number of amides is 1. The van der Waals surface area contributed by atoms with Crippen LogP contribution in [0.2, 0.25) is 0 Å². The van der Waals surface area contributed by atoms with Crippen molar-refractivity contribution in [1.82, 2.24) is 5.32 Å². The molecule has 21 heavy (non-hydrogen) atoms. The number of rotatable bonds is 5. The van der Waals surface area contributed by atoms with Crippen molar-refractivity contribution in [3.8, 4) is 5.75 Å².